The number of benzene rings is 2. The van der Waals surface area contributed by atoms with E-state index in [1.807, 2.05) is 11.0 Å². The fraction of sp³-hybridized carbons (Fsp3) is 0.414. The van der Waals surface area contributed by atoms with Crippen molar-refractivity contribution in [2.24, 2.45) is 5.92 Å². The Morgan fingerprint density at radius 1 is 1.02 bits per heavy atom. The summed E-state index contributed by atoms with van der Waals surface area (Å²) in [6.07, 6.45) is 6.49. The monoisotopic (exact) mass is 600 g/mol. The third kappa shape index (κ3) is 5.44. The molecule has 2 amide bonds. The molecule has 3 fully saturated rings. The molecule has 2 bridgehead atoms. The van der Waals surface area contributed by atoms with Crippen molar-refractivity contribution < 1.29 is 18.0 Å². The van der Waals surface area contributed by atoms with Crippen LogP contribution in [0.1, 0.15) is 37.7 Å². The van der Waals surface area contributed by atoms with Crippen molar-refractivity contribution in [2.75, 3.05) is 13.1 Å². The van der Waals surface area contributed by atoms with Gasteiger partial charge in [0.15, 0.2) is 0 Å². The van der Waals surface area contributed by atoms with E-state index in [4.69, 9.17) is 23.2 Å². The Balaban J connectivity index is 1.10. The van der Waals surface area contributed by atoms with Crippen molar-refractivity contribution in [3.05, 3.63) is 70.5 Å². The fourth-order valence-electron chi connectivity index (χ4n) is 6.62. The minimum atomic E-state index is -3.95. The molecule has 3 aromatic rings. The van der Waals surface area contributed by atoms with Crippen LogP contribution < -0.4 is 4.72 Å². The molecule has 0 saturated carbocycles. The maximum Gasteiger partial charge on any atom is 0.242 e. The molecule has 2 aromatic carbocycles. The number of carbonyl (C=O) groups excluding carboxylic acids is 2. The number of piperidine rings is 1. The fourth-order valence-corrected chi connectivity index (χ4v) is 8.17. The van der Waals surface area contributed by atoms with Crippen molar-refractivity contribution in [1.29, 1.82) is 0 Å². The number of hydrogen-bond acceptors (Lipinski definition) is 5. The Morgan fingerprint density at radius 2 is 1.82 bits per heavy atom. The molecule has 11 heteroatoms. The molecule has 1 N–H and O–H groups in total. The van der Waals surface area contributed by atoms with E-state index in [2.05, 4.69) is 9.71 Å². The standard InChI is InChI=1S/C29H30Cl2N4O4S/c30-22-6-4-20-15-24(8-5-19(20)13-22)40(38,39)33-25-2-1-11-34(29(25)37)17-28(36)35-23-7-9-26(35)21(14-23)12-18-3-10-27(31)32-16-18/h3-6,8,10,13,15-16,21,23,25-26,33H,1-2,7,9,11-12,14,17H2/t21?,23-,25-,26+/m0/s1. The predicted molar refractivity (Wildman–Crippen MR) is 154 cm³/mol. The molecule has 8 nitrogen and oxygen atoms in total. The lowest BCUT2D eigenvalue weighted by Gasteiger charge is -2.34. The van der Waals surface area contributed by atoms with E-state index in [1.54, 1.807) is 42.6 Å². The summed E-state index contributed by atoms with van der Waals surface area (Å²) in [5.41, 5.74) is 1.10. The van der Waals surface area contributed by atoms with Gasteiger partial charge < -0.3 is 9.80 Å². The van der Waals surface area contributed by atoms with Gasteiger partial charge in [-0.25, -0.2) is 13.4 Å². The Bertz CT molecular complexity index is 1570. The van der Waals surface area contributed by atoms with Gasteiger partial charge in [0.05, 0.1) is 11.4 Å². The number of halogens is 2. The molecule has 6 rings (SSSR count). The SMILES string of the molecule is O=C1[C@@H](NS(=O)(=O)c2ccc3cc(Cl)ccc3c2)CCCN1CC(=O)N1[C@H]2CC[C@@H]1C(Cc1ccc(Cl)nc1)C2. The number of nitrogens with one attached hydrogen (secondary N) is 1. The second kappa shape index (κ2) is 10.9. The summed E-state index contributed by atoms with van der Waals surface area (Å²) in [6, 6.07) is 13.2. The van der Waals surface area contributed by atoms with Crippen LogP contribution in [0.4, 0.5) is 0 Å². The highest BCUT2D eigenvalue weighted by molar-refractivity contribution is 7.89. The zero-order chi connectivity index (χ0) is 28.0. The number of hydrogen-bond donors (Lipinski definition) is 1. The molecule has 0 spiro atoms. The summed E-state index contributed by atoms with van der Waals surface area (Å²) >= 11 is 12.0. The number of amides is 2. The third-order valence-electron chi connectivity index (χ3n) is 8.48. The van der Waals surface area contributed by atoms with Gasteiger partial charge in [-0.1, -0.05) is 41.4 Å². The van der Waals surface area contributed by atoms with Gasteiger partial charge in [0.2, 0.25) is 21.8 Å². The van der Waals surface area contributed by atoms with E-state index in [1.165, 1.54) is 11.0 Å². The van der Waals surface area contributed by atoms with Gasteiger partial charge >= 0.3 is 0 Å². The van der Waals surface area contributed by atoms with Crippen molar-refractivity contribution in [1.82, 2.24) is 19.5 Å². The van der Waals surface area contributed by atoms with E-state index in [9.17, 15) is 18.0 Å². The number of fused-ring (bicyclic) bond motifs is 3. The molecule has 0 radical (unpaired) electrons. The lowest BCUT2D eigenvalue weighted by molar-refractivity contribution is -0.143. The van der Waals surface area contributed by atoms with Crippen LogP contribution in [-0.4, -0.2) is 66.2 Å². The normalized spacial score (nSPS) is 24.7. The first-order valence-electron chi connectivity index (χ1n) is 13.6. The lowest BCUT2D eigenvalue weighted by Crippen LogP contribution is -2.55. The highest BCUT2D eigenvalue weighted by Gasteiger charge is 2.48. The molecule has 4 heterocycles. The van der Waals surface area contributed by atoms with E-state index >= 15 is 0 Å². The Kier molecular flexibility index (Phi) is 7.50. The zero-order valence-electron chi connectivity index (χ0n) is 21.8. The van der Waals surface area contributed by atoms with E-state index in [-0.39, 0.29) is 35.3 Å². The van der Waals surface area contributed by atoms with Gasteiger partial charge in [-0.15, -0.1) is 0 Å². The summed E-state index contributed by atoms with van der Waals surface area (Å²) in [6.45, 7) is 0.401. The Hall–Kier alpha value is -2.72. The van der Waals surface area contributed by atoms with Crippen molar-refractivity contribution in [3.8, 4) is 0 Å². The van der Waals surface area contributed by atoms with Crippen LogP contribution in [0.25, 0.3) is 10.8 Å². The van der Waals surface area contributed by atoms with Crippen LogP contribution >= 0.6 is 23.2 Å². The molecule has 0 aliphatic carbocycles. The molecule has 40 heavy (non-hydrogen) atoms. The first-order chi connectivity index (χ1) is 19.2. The van der Waals surface area contributed by atoms with Crippen LogP contribution in [0, 0.1) is 5.92 Å². The number of likely N-dealkylation sites (tertiary alicyclic amines) is 1. The summed E-state index contributed by atoms with van der Waals surface area (Å²) in [5, 5.41) is 2.59. The average Bonchev–Trinajstić information content (AvgIpc) is 3.50. The highest BCUT2D eigenvalue weighted by atomic mass is 35.5. The van der Waals surface area contributed by atoms with Crippen LogP contribution in [-0.2, 0) is 26.0 Å². The van der Waals surface area contributed by atoms with Crippen LogP contribution in [0.5, 0.6) is 0 Å². The first-order valence-corrected chi connectivity index (χ1v) is 15.8. The number of aromatic nitrogens is 1. The molecule has 3 saturated heterocycles. The third-order valence-corrected chi connectivity index (χ3v) is 10.4. The van der Waals surface area contributed by atoms with Gasteiger partial charge in [0.1, 0.15) is 11.2 Å². The molecule has 4 atom stereocenters. The van der Waals surface area contributed by atoms with Gasteiger partial charge in [-0.3, -0.25) is 9.59 Å². The summed E-state index contributed by atoms with van der Waals surface area (Å²) in [4.78, 5) is 34.6. The number of pyridine rings is 1. The Labute approximate surface area is 243 Å². The van der Waals surface area contributed by atoms with Crippen molar-refractivity contribution in [3.63, 3.8) is 0 Å². The number of sulfonamides is 1. The Morgan fingerprint density at radius 3 is 2.62 bits per heavy atom. The minimum absolute atomic E-state index is 0.0317. The number of rotatable bonds is 7. The minimum Gasteiger partial charge on any atom is -0.335 e. The molecule has 3 aliphatic heterocycles. The van der Waals surface area contributed by atoms with Gasteiger partial charge in [-0.2, -0.15) is 4.72 Å². The van der Waals surface area contributed by atoms with Crippen LogP contribution in [0.15, 0.2) is 59.6 Å². The van der Waals surface area contributed by atoms with Crippen molar-refractivity contribution in [2.45, 2.75) is 61.5 Å². The topological polar surface area (TPSA) is 99.7 Å². The highest BCUT2D eigenvalue weighted by Crippen LogP contribution is 2.43. The molecule has 210 valence electrons. The second-order valence-electron chi connectivity index (χ2n) is 11.0. The summed E-state index contributed by atoms with van der Waals surface area (Å²) in [7, 11) is -3.95. The summed E-state index contributed by atoms with van der Waals surface area (Å²) < 4.78 is 29.0. The maximum absolute atomic E-state index is 13.5. The van der Waals surface area contributed by atoms with Gasteiger partial charge in [-0.05, 0) is 91.1 Å². The first kappa shape index (κ1) is 27.4. The van der Waals surface area contributed by atoms with Crippen LogP contribution in [0.2, 0.25) is 10.2 Å². The van der Waals surface area contributed by atoms with Gasteiger partial charge in [0, 0.05) is 29.8 Å². The quantitative estimate of drug-likeness (QED) is 0.404. The predicted octanol–water partition coefficient (Wildman–Crippen LogP) is 4.43. The number of carbonyl (C=O) groups is 2. The largest absolute Gasteiger partial charge is 0.335 e. The molecular formula is C29H30Cl2N4O4S. The van der Waals surface area contributed by atoms with E-state index in [0.29, 0.717) is 35.5 Å². The molecule has 1 aromatic heterocycles. The molecule has 1 unspecified atom stereocenters. The second-order valence-corrected chi connectivity index (χ2v) is 13.6. The number of nitrogens with zero attached hydrogens (tertiary/aromatic N) is 3. The maximum atomic E-state index is 13.5. The van der Waals surface area contributed by atoms with E-state index in [0.717, 1.165) is 42.0 Å². The molecule has 3 aliphatic rings. The van der Waals surface area contributed by atoms with Crippen molar-refractivity contribution >= 4 is 55.8 Å². The smallest absolute Gasteiger partial charge is 0.242 e. The lowest BCUT2D eigenvalue weighted by atomic mass is 9.85. The van der Waals surface area contributed by atoms with Gasteiger partial charge in [0.25, 0.3) is 0 Å². The summed E-state index contributed by atoms with van der Waals surface area (Å²) in [5.74, 6) is -0.0689. The average molecular weight is 602 g/mol. The van der Waals surface area contributed by atoms with E-state index < -0.39 is 16.1 Å². The zero-order valence-corrected chi connectivity index (χ0v) is 24.1. The molecular weight excluding hydrogens is 571 g/mol. The van der Waals surface area contributed by atoms with Crippen LogP contribution in [0.3, 0.4) is 0 Å².